The lowest BCUT2D eigenvalue weighted by Gasteiger charge is -2.13. The van der Waals surface area contributed by atoms with Crippen molar-refractivity contribution < 1.29 is 14.3 Å². The van der Waals surface area contributed by atoms with E-state index < -0.39 is 12.1 Å². The molecule has 1 atom stereocenters. The molecule has 0 saturated carbocycles. The third kappa shape index (κ3) is 4.41. The van der Waals surface area contributed by atoms with Gasteiger partial charge in [0.1, 0.15) is 12.6 Å². The number of benzene rings is 2. The highest BCUT2D eigenvalue weighted by Gasteiger charge is 2.15. The number of ether oxygens (including phenoxy) is 1. The highest BCUT2D eigenvalue weighted by molar-refractivity contribution is 5.82. The molecule has 2 aromatic carbocycles. The molecule has 3 rings (SSSR count). The molecule has 125 valence electrons. The zero-order valence-corrected chi connectivity index (χ0v) is 13.5. The zero-order valence-electron chi connectivity index (χ0n) is 13.5. The Morgan fingerprint density at radius 2 is 1.84 bits per heavy atom. The number of alkyl carbamates (subject to hydrolysis) is 1. The first-order valence-electron chi connectivity index (χ1n) is 7.94. The largest absolute Gasteiger partial charge is 0.445 e. The van der Waals surface area contributed by atoms with E-state index in [1.165, 1.54) is 0 Å². The van der Waals surface area contributed by atoms with Crippen LogP contribution in [0.25, 0.3) is 10.9 Å². The molecule has 5 nitrogen and oxygen atoms in total. The Morgan fingerprint density at radius 3 is 2.64 bits per heavy atom. The minimum absolute atomic E-state index is 0.149. The Labute approximate surface area is 145 Å². The van der Waals surface area contributed by atoms with Gasteiger partial charge in [-0.1, -0.05) is 48.5 Å². The number of hydrogen-bond donors (Lipinski definition) is 1. The molecule has 0 bridgehead atoms. The SMILES string of the molecule is O=[C][C@H](Cc1ccnc2ccccc12)NC(=O)OCc1ccccc1. The van der Waals surface area contributed by atoms with Crippen LogP contribution in [0.4, 0.5) is 4.79 Å². The van der Waals surface area contributed by atoms with Gasteiger partial charge >= 0.3 is 6.09 Å². The zero-order chi connectivity index (χ0) is 17.5. The molecule has 0 fully saturated rings. The number of aromatic nitrogens is 1. The molecule has 3 aromatic rings. The summed E-state index contributed by atoms with van der Waals surface area (Å²) in [6.45, 7) is 0.149. The molecule has 0 aliphatic carbocycles. The molecular weight excluding hydrogens is 316 g/mol. The molecule has 5 heteroatoms. The van der Waals surface area contributed by atoms with Gasteiger partial charge in [0.15, 0.2) is 0 Å². The van der Waals surface area contributed by atoms with Crippen molar-refractivity contribution in [2.75, 3.05) is 0 Å². The molecule has 1 radical (unpaired) electrons. The fourth-order valence-electron chi connectivity index (χ4n) is 2.58. The first-order chi connectivity index (χ1) is 12.3. The maximum Gasteiger partial charge on any atom is 0.408 e. The maximum atomic E-state index is 11.9. The van der Waals surface area contributed by atoms with E-state index in [2.05, 4.69) is 10.3 Å². The normalized spacial score (nSPS) is 11.7. The summed E-state index contributed by atoms with van der Waals surface area (Å²) in [7, 11) is 0. The van der Waals surface area contributed by atoms with Gasteiger partial charge in [-0.25, -0.2) is 4.79 Å². The molecule has 1 heterocycles. The van der Waals surface area contributed by atoms with Gasteiger partial charge in [-0.15, -0.1) is 0 Å². The van der Waals surface area contributed by atoms with E-state index >= 15 is 0 Å². The standard InChI is InChI=1S/C20H17N2O3/c23-13-17(22-20(24)25-14-15-6-2-1-3-7-15)12-16-10-11-21-19-9-5-4-8-18(16)19/h1-11,17H,12,14H2,(H,22,24)/t17-/m0/s1. The predicted molar refractivity (Wildman–Crippen MR) is 94.7 cm³/mol. The van der Waals surface area contributed by atoms with Gasteiger partial charge in [0, 0.05) is 18.0 Å². The topological polar surface area (TPSA) is 68.3 Å². The Bertz CT molecular complexity index is 860. The fourth-order valence-corrected chi connectivity index (χ4v) is 2.58. The van der Waals surface area contributed by atoms with Crippen molar-refractivity contribution >= 4 is 23.3 Å². The van der Waals surface area contributed by atoms with Gasteiger partial charge < -0.3 is 10.1 Å². The van der Waals surface area contributed by atoms with Crippen molar-refractivity contribution in [1.82, 2.24) is 10.3 Å². The lowest BCUT2D eigenvalue weighted by atomic mass is 10.0. The van der Waals surface area contributed by atoms with Gasteiger partial charge in [-0.3, -0.25) is 9.78 Å². The second kappa shape index (κ2) is 8.06. The maximum absolute atomic E-state index is 11.9. The van der Waals surface area contributed by atoms with E-state index in [4.69, 9.17) is 4.74 Å². The van der Waals surface area contributed by atoms with Crippen LogP contribution in [0.15, 0.2) is 66.9 Å². The highest BCUT2D eigenvalue weighted by atomic mass is 16.5. The Balaban J connectivity index is 1.62. The quantitative estimate of drug-likeness (QED) is 0.752. The first-order valence-corrected chi connectivity index (χ1v) is 7.94. The summed E-state index contributed by atoms with van der Waals surface area (Å²) in [6, 6.07) is 18.1. The monoisotopic (exact) mass is 333 g/mol. The van der Waals surface area contributed by atoms with Crippen LogP contribution in [0, 0.1) is 0 Å². The van der Waals surface area contributed by atoms with Crippen LogP contribution in [-0.2, 0) is 22.6 Å². The van der Waals surface area contributed by atoms with Crippen LogP contribution in [0.2, 0.25) is 0 Å². The predicted octanol–water partition coefficient (Wildman–Crippen LogP) is 3.18. The Kier molecular flexibility index (Phi) is 5.36. The van der Waals surface area contributed by atoms with Crippen molar-refractivity contribution in [1.29, 1.82) is 0 Å². The van der Waals surface area contributed by atoms with E-state index in [1.54, 1.807) is 6.20 Å². The highest BCUT2D eigenvalue weighted by Crippen LogP contribution is 2.17. The number of para-hydroxylation sites is 1. The summed E-state index contributed by atoms with van der Waals surface area (Å²) in [6.07, 6.45) is 3.23. The number of nitrogens with one attached hydrogen (secondary N) is 1. The average molecular weight is 333 g/mol. The van der Waals surface area contributed by atoms with E-state index in [0.29, 0.717) is 6.42 Å². The second-order valence-electron chi connectivity index (χ2n) is 5.57. The van der Waals surface area contributed by atoms with Crippen molar-refractivity contribution in [3.63, 3.8) is 0 Å². The molecule has 0 aliphatic rings. The Morgan fingerprint density at radius 1 is 1.08 bits per heavy atom. The second-order valence-corrected chi connectivity index (χ2v) is 5.57. The van der Waals surface area contributed by atoms with E-state index in [-0.39, 0.29) is 6.61 Å². The number of nitrogens with zero attached hydrogens (tertiary/aromatic N) is 1. The van der Waals surface area contributed by atoms with Gasteiger partial charge in [-0.2, -0.15) is 0 Å². The molecule has 0 spiro atoms. The summed E-state index contributed by atoms with van der Waals surface area (Å²) in [4.78, 5) is 27.4. The summed E-state index contributed by atoms with van der Waals surface area (Å²) in [5.74, 6) is 0. The smallest absolute Gasteiger partial charge is 0.408 e. The first kappa shape index (κ1) is 16.6. The Hall–Kier alpha value is -3.21. The lowest BCUT2D eigenvalue weighted by Crippen LogP contribution is -2.37. The number of hydrogen-bond acceptors (Lipinski definition) is 4. The van der Waals surface area contributed by atoms with Crippen LogP contribution in [-0.4, -0.2) is 23.4 Å². The van der Waals surface area contributed by atoms with Crippen molar-refractivity contribution in [3.8, 4) is 0 Å². The molecule has 1 aromatic heterocycles. The summed E-state index contributed by atoms with van der Waals surface area (Å²) in [5.41, 5.74) is 2.64. The van der Waals surface area contributed by atoms with Gasteiger partial charge in [-0.05, 0) is 23.3 Å². The van der Waals surface area contributed by atoms with Gasteiger partial charge in [0.25, 0.3) is 0 Å². The van der Waals surface area contributed by atoms with Crippen molar-refractivity contribution in [2.24, 2.45) is 0 Å². The summed E-state index contributed by atoms with van der Waals surface area (Å²) >= 11 is 0. The number of carbonyl (C=O) groups is 1. The average Bonchev–Trinajstić information content (AvgIpc) is 2.67. The summed E-state index contributed by atoms with van der Waals surface area (Å²) < 4.78 is 5.14. The minimum atomic E-state index is -0.783. The molecule has 0 saturated heterocycles. The third-order valence-corrected chi connectivity index (χ3v) is 3.81. The number of amides is 1. The number of pyridine rings is 1. The molecule has 0 unspecified atom stereocenters. The van der Waals surface area contributed by atoms with Gasteiger partial charge in [0.2, 0.25) is 6.29 Å². The van der Waals surface area contributed by atoms with Crippen molar-refractivity contribution in [2.45, 2.75) is 19.1 Å². The summed E-state index contributed by atoms with van der Waals surface area (Å²) in [5, 5.41) is 3.49. The number of rotatable bonds is 6. The number of fused-ring (bicyclic) bond motifs is 1. The van der Waals surface area contributed by atoms with Crippen LogP contribution in [0.1, 0.15) is 11.1 Å². The fraction of sp³-hybridized carbons (Fsp3) is 0.150. The number of carbonyl (C=O) groups excluding carboxylic acids is 2. The van der Waals surface area contributed by atoms with Crippen LogP contribution in [0.3, 0.4) is 0 Å². The van der Waals surface area contributed by atoms with Gasteiger partial charge in [0.05, 0.1) is 5.52 Å². The van der Waals surface area contributed by atoms with Crippen molar-refractivity contribution in [3.05, 3.63) is 78.0 Å². The molecule has 0 aliphatic heterocycles. The van der Waals surface area contributed by atoms with Crippen LogP contribution >= 0.6 is 0 Å². The van der Waals surface area contributed by atoms with Crippen LogP contribution < -0.4 is 5.32 Å². The molecule has 25 heavy (non-hydrogen) atoms. The molecular formula is C20H17N2O3. The van der Waals surface area contributed by atoms with E-state index in [9.17, 15) is 9.59 Å². The van der Waals surface area contributed by atoms with E-state index in [0.717, 1.165) is 22.0 Å². The molecule has 1 N–H and O–H groups in total. The molecule has 1 amide bonds. The third-order valence-electron chi connectivity index (χ3n) is 3.81. The van der Waals surface area contributed by atoms with E-state index in [1.807, 2.05) is 66.9 Å². The van der Waals surface area contributed by atoms with Crippen LogP contribution in [0.5, 0.6) is 0 Å². The minimum Gasteiger partial charge on any atom is -0.445 e. The lowest BCUT2D eigenvalue weighted by molar-refractivity contribution is 0.138.